The molecule has 5 heteroatoms. The van der Waals surface area contributed by atoms with Gasteiger partial charge >= 0.3 is 0 Å². The Bertz CT molecular complexity index is 617. The van der Waals surface area contributed by atoms with Gasteiger partial charge in [-0.3, -0.25) is 9.59 Å². The standard InChI is InChI=1S/C22H37N3O2/c1-15(2)9-8-10-19(6)23-20(26)13-25(7)14-21(27)24-22-17(4)11-16(3)12-18(22)5/h11-12,15,19H,8-10,13-14H2,1-7H3,(H,23,26)(H,24,27)/p+1/t19-/m0/s1. The van der Waals surface area contributed by atoms with Crippen molar-refractivity contribution in [3.05, 3.63) is 28.8 Å². The molecule has 152 valence electrons. The predicted molar refractivity (Wildman–Crippen MR) is 112 cm³/mol. The summed E-state index contributed by atoms with van der Waals surface area (Å²) in [6, 6.07) is 4.30. The summed E-state index contributed by atoms with van der Waals surface area (Å²) in [6.07, 6.45) is 3.30. The number of anilines is 1. The van der Waals surface area contributed by atoms with Crippen LogP contribution in [0, 0.1) is 26.7 Å². The van der Waals surface area contributed by atoms with Crippen LogP contribution in [0.2, 0.25) is 0 Å². The number of aryl methyl sites for hydroxylation is 3. The van der Waals surface area contributed by atoms with Crippen LogP contribution < -0.4 is 15.5 Å². The monoisotopic (exact) mass is 376 g/mol. The Kier molecular flexibility index (Phi) is 9.50. The molecule has 0 heterocycles. The first-order valence-electron chi connectivity index (χ1n) is 10.1. The number of hydrogen-bond acceptors (Lipinski definition) is 2. The molecule has 5 nitrogen and oxygen atoms in total. The number of carbonyl (C=O) groups excluding carboxylic acids is 2. The van der Waals surface area contributed by atoms with Crippen molar-refractivity contribution in [1.29, 1.82) is 0 Å². The minimum atomic E-state index is -0.0691. The Morgan fingerprint density at radius 3 is 2.07 bits per heavy atom. The van der Waals surface area contributed by atoms with Crippen LogP contribution in [0.5, 0.6) is 0 Å². The summed E-state index contributed by atoms with van der Waals surface area (Å²) in [4.78, 5) is 25.4. The molecule has 0 aliphatic rings. The van der Waals surface area contributed by atoms with E-state index < -0.39 is 0 Å². The fourth-order valence-corrected chi connectivity index (χ4v) is 3.40. The molecule has 3 N–H and O–H groups in total. The molecule has 0 aliphatic carbocycles. The number of nitrogens with one attached hydrogen (secondary N) is 3. The molecule has 2 atom stereocenters. The first kappa shape index (κ1) is 23.2. The second-order valence-corrected chi connectivity index (χ2v) is 8.43. The fraction of sp³-hybridized carbons (Fsp3) is 0.636. The van der Waals surface area contributed by atoms with Gasteiger partial charge in [-0.1, -0.05) is 44.4 Å². The topological polar surface area (TPSA) is 62.6 Å². The molecular weight excluding hydrogens is 338 g/mol. The Morgan fingerprint density at radius 2 is 1.52 bits per heavy atom. The second kappa shape index (κ2) is 11.1. The zero-order chi connectivity index (χ0) is 20.6. The van der Waals surface area contributed by atoms with Gasteiger partial charge in [-0.05, 0) is 51.2 Å². The van der Waals surface area contributed by atoms with E-state index >= 15 is 0 Å². The summed E-state index contributed by atoms with van der Waals surface area (Å²) >= 11 is 0. The number of benzene rings is 1. The van der Waals surface area contributed by atoms with Crippen molar-refractivity contribution in [2.75, 3.05) is 25.5 Å². The summed E-state index contributed by atoms with van der Waals surface area (Å²) in [5.41, 5.74) is 4.18. The van der Waals surface area contributed by atoms with Crippen molar-refractivity contribution >= 4 is 17.5 Å². The largest absolute Gasteiger partial charge is 0.349 e. The highest BCUT2D eigenvalue weighted by Gasteiger charge is 2.17. The quantitative estimate of drug-likeness (QED) is 0.587. The van der Waals surface area contributed by atoms with Crippen molar-refractivity contribution in [3.63, 3.8) is 0 Å². The van der Waals surface area contributed by atoms with Gasteiger partial charge in [0.15, 0.2) is 13.1 Å². The van der Waals surface area contributed by atoms with E-state index in [1.807, 2.05) is 34.7 Å². The molecule has 0 aromatic heterocycles. The van der Waals surface area contributed by atoms with Crippen LogP contribution in [0.25, 0.3) is 0 Å². The van der Waals surface area contributed by atoms with E-state index in [9.17, 15) is 9.59 Å². The normalized spacial score (nSPS) is 13.3. The van der Waals surface area contributed by atoms with E-state index in [2.05, 4.69) is 36.6 Å². The molecule has 0 spiro atoms. The lowest BCUT2D eigenvalue weighted by Crippen LogP contribution is -3.11. The van der Waals surface area contributed by atoms with Crippen LogP contribution in [0.3, 0.4) is 0 Å². The third-order valence-corrected chi connectivity index (χ3v) is 4.69. The number of rotatable bonds is 10. The number of hydrogen-bond donors (Lipinski definition) is 3. The van der Waals surface area contributed by atoms with Gasteiger partial charge in [0.2, 0.25) is 0 Å². The van der Waals surface area contributed by atoms with Gasteiger partial charge in [0, 0.05) is 11.7 Å². The lowest BCUT2D eigenvalue weighted by Gasteiger charge is -2.18. The zero-order valence-electron chi connectivity index (χ0n) is 18.2. The SMILES string of the molecule is Cc1cc(C)c(NC(=O)C[NH+](C)CC(=O)N[C@@H](C)CCCC(C)C)c(C)c1. The van der Waals surface area contributed by atoms with E-state index in [0.29, 0.717) is 12.5 Å². The fourth-order valence-electron chi connectivity index (χ4n) is 3.40. The van der Waals surface area contributed by atoms with Crippen LogP contribution in [0.4, 0.5) is 5.69 Å². The van der Waals surface area contributed by atoms with Crippen molar-refractivity contribution in [2.45, 2.75) is 66.8 Å². The van der Waals surface area contributed by atoms with Crippen LogP contribution in [-0.2, 0) is 9.59 Å². The Balaban J connectivity index is 2.42. The van der Waals surface area contributed by atoms with Gasteiger partial charge in [-0.2, -0.15) is 0 Å². The molecule has 0 saturated carbocycles. The van der Waals surface area contributed by atoms with Gasteiger partial charge in [0.1, 0.15) is 0 Å². The van der Waals surface area contributed by atoms with E-state index in [4.69, 9.17) is 0 Å². The van der Waals surface area contributed by atoms with Gasteiger partial charge in [-0.15, -0.1) is 0 Å². The molecule has 0 aliphatic heterocycles. The summed E-state index contributed by atoms with van der Waals surface area (Å²) in [7, 11) is 1.87. The zero-order valence-corrected chi connectivity index (χ0v) is 18.2. The molecule has 1 rings (SSSR count). The third-order valence-electron chi connectivity index (χ3n) is 4.69. The van der Waals surface area contributed by atoms with E-state index in [0.717, 1.165) is 34.6 Å². The predicted octanol–water partition coefficient (Wildman–Crippen LogP) is 2.40. The second-order valence-electron chi connectivity index (χ2n) is 8.43. The molecule has 27 heavy (non-hydrogen) atoms. The van der Waals surface area contributed by atoms with E-state index in [-0.39, 0.29) is 24.4 Å². The molecule has 0 radical (unpaired) electrons. The maximum atomic E-state index is 12.4. The molecule has 2 amide bonds. The van der Waals surface area contributed by atoms with Gasteiger partial charge in [-0.25, -0.2) is 0 Å². The molecular formula is C22H38N3O2+. The smallest absolute Gasteiger partial charge is 0.279 e. The first-order valence-corrected chi connectivity index (χ1v) is 10.1. The first-order chi connectivity index (χ1) is 12.6. The number of amides is 2. The summed E-state index contributed by atoms with van der Waals surface area (Å²) in [6.45, 7) is 13.1. The number of quaternary nitrogens is 1. The molecule has 1 aromatic rings. The third kappa shape index (κ3) is 9.05. The van der Waals surface area contributed by atoms with Crippen LogP contribution in [-0.4, -0.2) is 38.0 Å². The maximum Gasteiger partial charge on any atom is 0.279 e. The van der Waals surface area contributed by atoms with Crippen LogP contribution >= 0.6 is 0 Å². The van der Waals surface area contributed by atoms with Gasteiger partial charge in [0.05, 0.1) is 7.05 Å². The molecule has 1 unspecified atom stereocenters. The van der Waals surface area contributed by atoms with E-state index in [1.54, 1.807) is 0 Å². The molecule has 0 fully saturated rings. The highest BCUT2D eigenvalue weighted by molar-refractivity contribution is 5.93. The summed E-state index contributed by atoms with van der Waals surface area (Å²) in [5.74, 6) is 0.628. The minimum absolute atomic E-state index is 0.0000407. The van der Waals surface area contributed by atoms with Crippen LogP contribution in [0.15, 0.2) is 12.1 Å². The number of carbonyl (C=O) groups is 2. The minimum Gasteiger partial charge on any atom is -0.349 e. The van der Waals surface area contributed by atoms with Crippen molar-refractivity contribution in [1.82, 2.24) is 5.32 Å². The lowest BCUT2D eigenvalue weighted by molar-refractivity contribution is -0.862. The Hall–Kier alpha value is -1.88. The average molecular weight is 377 g/mol. The van der Waals surface area contributed by atoms with Crippen LogP contribution in [0.1, 0.15) is 56.7 Å². The molecule has 0 bridgehead atoms. The maximum absolute atomic E-state index is 12.4. The highest BCUT2D eigenvalue weighted by Crippen LogP contribution is 2.21. The van der Waals surface area contributed by atoms with Crippen molar-refractivity contribution in [2.24, 2.45) is 5.92 Å². The van der Waals surface area contributed by atoms with Gasteiger partial charge < -0.3 is 15.5 Å². The molecule has 0 saturated heterocycles. The Morgan fingerprint density at radius 1 is 0.963 bits per heavy atom. The lowest BCUT2D eigenvalue weighted by atomic mass is 10.0. The Labute approximate surface area is 164 Å². The summed E-state index contributed by atoms with van der Waals surface area (Å²) < 4.78 is 0. The molecule has 1 aromatic carbocycles. The highest BCUT2D eigenvalue weighted by atomic mass is 16.2. The van der Waals surface area contributed by atoms with Crippen molar-refractivity contribution in [3.8, 4) is 0 Å². The number of likely N-dealkylation sites (N-methyl/N-ethyl adjacent to an activating group) is 1. The van der Waals surface area contributed by atoms with Gasteiger partial charge in [0.25, 0.3) is 11.8 Å². The summed E-state index contributed by atoms with van der Waals surface area (Å²) in [5, 5.41) is 6.04. The average Bonchev–Trinajstić information content (AvgIpc) is 2.49. The van der Waals surface area contributed by atoms with E-state index in [1.165, 1.54) is 12.0 Å². The van der Waals surface area contributed by atoms with Crippen molar-refractivity contribution < 1.29 is 14.5 Å².